The monoisotopic (exact) mass is 359 g/mol. The second-order valence-corrected chi connectivity index (χ2v) is 6.19. The first-order chi connectivity index (χ1) is 13.1. The molecule has 0 radical (unpaired) electrons. The van der Waals surface area contributed by atoms with Gasteiger partial charge in [-0.15, -0.1) is 0 Å². The van der Waals surface area contributed by atoms with Crippen molar-refractivity contribution in [3.05, 3.63) is 108 Å². The van der Waals surface area contributed by atoms with Crippen LogP contribution in [0.5, 0.6) is 0 Å². The van der Waals surface area contributed by atoms with Gasteiger partial charge in [0.15, 0.2) is 12.1 Å². The predicted molar refractivity (Wildman–Crippen MR) is 106 cm³/mol. The highest BCUT2D eigenvalue weighted by molar-refractivity contribution is 5.97. The number of carboxylic acid groups (broad SMARTS) is 1. The Bertz CT molecular complexity index is 893. The first-order valence-corrected chi connectivity index (χ1v) is 8.74. The molecule has 27 heavy (non-hydrogen) atoms. The van der Waals surface area contributed by atoms with Gasteiger partial charge in [0.05, 0.1) is 0 Å². The van der Waals surface area contributed by atoms with Gasteiger partial charge in [-0.3, -0.25) is 0 Å². The Morgan fingerprint density at radius 1 is 0.852 bits per heavy atom. The van der Waals surface area contributed by atoms with Crippen LogP contribution in [0.2, 0.25) is 0 Å². The number of benzene rings is 3. The summed E-state index contributed by atoms with van der Waals surface area (Å²) in [7, 11) is 0. The molecule has 0 bridgehead atoms. The quantitative estimate of drug-likeness (QED) is 0.740. The van der Waals surface area contributed by atoms with Gasteiger partial charge in [-0.25, -0.2) is 9.79 Å². The van der Waals surface area contributed by atoms with Crippen molar-refractivity contribution < 1.29 is 14.6 Å². The molecule has 1 aliphatic rings. The summed E-state index contributed by atoms with van der Waals surface area (Å²) in [6.45, 7) is 2.08. The molecule has 0 aromatic heterocycles. The van der Waals surface area contributed by atoms with E-state index in [1.807, 2.05) is 78.9 Å². The summed E-state index contributed by atoms with van der Waals surface area (Å²) >= 11 is 0. The number of carbonyl (C=O) groups is 1. The lowest BCUT2D eigenvalue weighted by atomic mass is 10.0. The number of rotatable bonds is 3. The van der Waals surface area contributed by atoms with E-state index in [1.165, 1.54) is 5.56 Å². The maximum atomic E-state index is 11.4. The van der Waals surface area contributed by atoms with E-state index in [-0.39, 0.29) is 0 Å². The molecular formula is C23H21NO3. The zero-order valence-corrected chi connectivity index (χ0v) is 15.0. The van der Waals surface area contributed by atoms with Crippen molar-refractivity contribution in [3.63, 3.8) is 0 Å². The van der Waals surface area contributed by atoms with Crippen molar-refractivity contribution in [3.8, 4) is 0 Å². The van der Waals surface area contributed by atoms with Gasteiger partial charge >= 0.3 is 5.97 Å². The molecular weight excluding hydrogens is 338 g/mol. The number of carboxylic acids is 1. The van der Waals surface area contributed by atoms with Gasteiger partial charge in [-0.05, 0) is 24.6 Å². The highest BCUT2D eigenvalue weighted by Crippen LogP contribution is 2.31. The van der Waals surface area contributed by atoms with E-state index >= 15 is 0 Å². The van der Waals surface area contributed by atoms with E-state index in [4.69, 9.17) is 4.74 Å². The third-order valence-corrected chi connectivity index (χ3v) is 4.12. The lowest BCUT2D eigenvalue weighted by Gasteiger charge is -2.15. The van der Waals surface area contributed by atoms with Gasteiger partial charge in [-0.1, -0.05) is 84.4 Å². The Kier molecular flexibility index (Phi) is 6.00. The molecule has 3 aromatic carbocycles. The molecule has 136 valence electrons. The minimum Gasteiger partial charge on any atom is -0.480 e. The summed E-state index contributed by atoms with van der Waals surface area (Å²) in [6.07, 6.45) is -0.580. The van der Waals surface area contributed by atoms with Crippen molar-refractivity contribution in [1.82, 2.24) is 0 Å². The Morgan fingerprint density at radius 3 is 1.85 bits per heavy atom. The average molecular weight is 359 g/mol. The SMILES string of the molecule is Cc1ccccc1.O=C(O)C1N=C(c2ccccc2)OC1c1ccccc1. The summed E-state index contributed by atoms with van der Waals surface area (Å²) < 4.78 is 5.78. The first kappa shape index (κ1) is 18.4. The Hall–Kier alpha value is -3.40. The third kappa shape index (κ3) is 4.82. The molecule has 3 aromatic rings. The van der Waals surface area contributed by atoms with E-state index in [1.54, 1.807) is 0 Å². The van der Waals surface area contributed by atoms with Crippen molar-refractivity contribution in [2.24, 2.45) is 4.99 Å². The molecule has 1 heterocycles. The number of aliphatic imine (C=N–C) groups is 1. The largest absolute Gasteiger partial charge is 0.480 e. The van der Waals surface area contributed by atoms with Crippen LogP contribution in [-0.4, -0.2) is 23.0 Å². The Labute approximate surface area is 158 Å². The van der Waals surface area contributed by atoms with Crippen molar-refractivity contribution in [2.75, 3.05) is 0 Å². The van der Waals surface area contributed by atoms with Crippen LogP contribution in [0.25, 0.3) is 0 Å². The number of aliphatic carboxylic acids is 1. The van der Waals surface area contributed by atoms with Crippen LogP contribution < -0.4 is 0 Å². The molecule has 0 amide bonds. The van der Waals surface area contributed by atoms with Gasteiger partial charge in [0.2, 0.25) is 5.90 Å². The summed E-state index contributed by atoms with van der Waals surface area (Å²) in [6, 6.07) is 28.0. The minimum absolute atomic E-state index is 0.381. The highest BCUT2D eigenvalue weighted by atomic mass is 16.5. The van der Waals surface area contributed by atoms with E-state index in [9.17, 15) is 9.90 Å². The fourth-order valence-corrected chi connectivity index (χ4v) is 2.74. The second-order valence-electron chi connectivity index (χ2n) is 6.19. The average Bonchev–Trinajstić information content (AvgIpc) is 3.16. The highest BCUT2D eigenvalue weighted by Gasteiger charge is 2.37. The van der Waals surface area contributed by atoms with Crippen molar-refractivity contribution in [1.29, 1.82) is 0 Å². The van der Waals surface area contributed by atoms with Gasteiger partial charge in [0.1, 0.15) is 0 Å². The molecule has 0 saturated carbocycles. The van der Waals surface area contributed by atoms with Crippen LogP contribution in [0.3, 0.4) is 0 Å². The summed E-state index contributed by atoms with van der Waals surface area (Å²) in [5.41, 5.74) is 2.93. The first-order valence-electron chi connectivity index (χ1n) is 8.74. The molecule has 4 nitrogen and oxygen atoms in total. The molecule has 1 N–H and O–H groups in total. The number of hydrogen-bond donors (Lipinski definition) is 1. The molecule has 4 rings (SSSR count). The van der Waals surface area contributed by atoms with Gasteiger partial charge < -0.3 is 9.84 Å². The van der Waals surface area contributed by atoms with Gasteiger partial charge in [0.25, 0.3) is 0 Å². The zero-order chi connectivity index (χ0) is 19.1. The van der Waals surface area contributed by atoms with Crippen LogP contribution in [0.1, 0.15) is 22.8 Å². The standard InChI is InChI=1S/C16H13NO3.C7H8/c18-16(19)13-14(11-7-3-1-4-8-11)20-15(17-13)12-9-5-2-6-10-12;1-7-5-3-2-4-6-7/h1-10,13-14H,(H,18,19);2-6H,1H3. The summed E-state index contributed by atoms with van der Waals surface area (Å²) in [5.74, 6) is -0.600. The van der Waals surface area contributed by atoms with E-state index in [2.05, 4.69) is 24.0 Å². The minimum atomic E-state index is -0.982. The molecule has 0 saturated heterocycles. The van der Waals surface area contributed by atoms with Crippen molar-refractivity contribution in [2.45, 2.75) is 19.1 Å². The number of nitrogens with zero attached hydrogens (tertiary/aromatic N) is 1. The Balaban J connectivity index is 0.000000253. The maximum absolute atomic E-state index is 11.4. The fourth-order valence-electron chi connectivity index (χ4n) is 2.74. The predicted octanol–water partition coefficient (Wildman–Crippen LogP) is 4.65. The molecule has 0 fully saturated rings. The smallest absolute Gasteiger partial charge is 0.332 e. The van der Waals surface area contributed by atoms with E-state index in [0.717, 1.165) is 11.1 Å². The Morgan fingerprint density at radius 2 is 1.37 bits per heavy atom. The third-order valence-electron chi connectivity index (χ3n) is 4.12. The van der Waals surface area contributed by atoms with Crippen molar-refractivity contribution >= 4 is 11.9 Å². The molecule has 0 aliphatic carbocycles. The van der Waals surface area contributed by atoms with Crippen LogP contribution in [0.4, 0.5) is 0 Å². The number of ether oxygens (including phenoxy) is 1. The van der Waals surface area contributed by atoms with Crippen LogP contribution >= 0.6 is 0 Å². The summed E-state index contributed by atoms with van der Waals surface area (Å²) in [5, 5.41) is 9.32. The normalized spacial score (nSPS) is 17.9. The zero-order valence-electron chi connectivity index (χ0n) is 15.0. The molecule has 2 atom stereocenters. The summed E-state index contributed by atoms with van der Waals surface area (Å²) in [4.78, 5) is 15.6. The molecule has 1 aliphatic heterocycles. The van der Waals surface area contributed by atoms with Gasteiger partial charge in [-0.2, -0.15) is 0 Å². The van der Waals surface area contributed by atoms with E-state index < -0.39 is 18.1 Å². The number of hydrogen-bond acceptors (Lipinski definition) is 3. The topological polar surface area (TPSA) is 58.9 Å². The lowest BCUT2D eigenvalue weighted by Crippen LogP contribution is -2.23. The van der Waals surface area contributed by atoms with Crippen LogP contribution in [0, 0.1) is 6.92 Å². The second kappa shape index (κ2) is 8.81. The van der Waals surface area contributed by atoms with Crippen LogP contribution in [-0.2, 0) is 9.53 Å². The molecule has 2 unspecified atom stereocenters. The maximum Gasteiger partial charge on any atom is 0.332 e. The van der Waals surface area contributed by atoms with E-state index in [0.29, 0.717) is 5.90 Å². The van der Waals surface area contributed by atoms with Crippen LogP contribution in [0.15, 0.2) is 96.0 Å². The fraction of sp³-hybridized carbons (Fsp3) is 0.130. The molecule has 0 spiro atoms. The number of aryl methyl sites for hydroxylation is 1. The lowest BCUT2D eigenvalue weighted by molar-refractivity contribution is -0.140. The molecule has 4 heteroatoms. The van der Waals surface area contributed by atoms with Gasteiger partial charge in [0, 0.05) is 5.56 Å².